The van der Waals surface area contributed by atoms with Gasteiger partial charge >= 0.3 is 0 Å². The lowest BCUT2D eigenvalue weighted by atomic mass is 9.84. The van der Waals surface area contributed by atoms with Crippen molar-refractivity contribution in [1.82, 2.24) is 4.90 Å². The zero-order valence-corrected chi connectivity index (χ0v) is 16.6. The molecule has 2 aromatic rings. The van der Waals surface area contributed by atoms with E-state index >= 15 is 0 Å². The summed E-state index contributed by atoms with van der Waals surface area (Å²) in [5.41, 5.74) is 5.59. The number of Topliss-reactive ketones (excluding diaryl/α,β-unsaturated/α-hetero) is 1. The molecule has 1 saturated heterocycles. The predicted molar refractivity (Wildman–Crippen MR) is 115 cm³/mol. The molecule has 1 fully saturated rings. The Balaban J connectivity index is 1.60. The first-order valence-electron chi connectivity index (χ1n) is 9.80. The number of anilines is 1. The molecule has 1 aliphatic carbocycles. The van der Waals surface area contributed by atoms with Crippen LogP contribution in [0.3, 0.4) is 0 Å². The Hall–Kier alpha value is -3.25. The third-order valence-corrected chi connectivity index (χ3v) is 5.47. The van der Waals surface area contributed by atoms with Gasteiger partial charge < -0.3 is 14.5 Å². The van der Waals surface area contributed by atoms with Crippen LogP contribution in [0.2, 0.25) is 0 Å². The van der Waals surface area contributed by atoms with Gasteiger partial charge in [-0.1, -0.05) is 36.4 Å². The van der Waals surface area contributed by atoms with Gasteiger partial charge in [0.25, 0.3) is 0 Å². The van der Waals surface area contributed by atoms with Gasteiger partial charge in [0.2, 0.25) is 5.96 Å². The second kappa shape index (κ2) is 6.97. The maximum atomic E-state index is 13.4. The zero-order chi connectivity index (χ0) is 20.0. The molecule has 0 aromatic heterocycles. The minimum absolute atomic E-state index is 0.00238. The fourth-order valence-corrected chi connectivity index (χ4v) is 3.95. The number of guanidine groups is 1. The summed E-state index contributed by atoms with van der Waals surface area (Å²) < 4.78 is 5.44. The van der Waals surface area contributed by atoms with E-state index < -0.39 is 0 Å². The van der Waals surface area contributed by atoms with Crippen molar-refractivity contribution in [3.05, 3.63) is 70.9 Å². The Bertz CT molecular complexity index is 1070. The molecule has 3 aliphatic rings. The lowest BCUT2D eigenvalue weighted by Crippen LogP contribution is -2.36. The molecule has 2 aromatic carbocycles. The first-order chi connectivity index (χ1) is 14.1. The molecule has 5 rings (SSSR count). The number of carbonyl (C=O) groups is 1. The highest BCUT2D eigenvalue weighted by molar-refractivity contribution is 6.43. The normalized spacial score (nSPS) is 18.3. The number of hydrogen-bond donors (Lipinski definition) is 0. The van der Waals surface area contributed by atoms with Gasteiger partial charge in [0.05, 0.1) is 18.8 Å². The van der Waals surface area contributed by atoms with E-state index in [1.807, 2.05) is 55.4 Å². The number of benzene rings is 2. The predicted octanol–water partition coefficient (Wildman–Crippen LogP) is 2.85. The quantitative estimate of drug-likeness (QED) is 0.796. The second-order valence-corrected chi connectivity index (χ2v) is 7.51. The maximum absolute atomic E-state index is 13.4. The molecule has 29 heavy (non-hydrogen) atoms. The molecule has 2 heterocycles. The fourth-order valence-electron chi connectivity index (χ4n) is 3.95. The van der Waals surface area contributed by atoms with Crippen molar-refractivity contribution in [3.63, 3.8) is 0 Å². The lowest BCUT2D eigenvalue weighted by Gasteiger charge is -2.29. The zero-order valence-electron chi connectivity index (χ0n) is 16.6. The first-order valence-corrected chi connectivity index (χ1v) is 9.80. The minimum atomic E-state index is -0.00238. The van der Waals surface area contributed by atoms with E-state index in [0.717, 1.165) is 48.8 Å². The second-order valence-electron chi connectivity index (χ2n) is 7.51. The number of hydrogen-bond acceptors (Lipinski definition) is 6. The Labute approximate surface area is 169 Å². The number of morpholine rings is 1. The molecular weight excluding hydrogens is 364 g/mol. The third-order valence-electron chi connectivity index (χ3n) is 5.47. The van der Waals surface area contributed by atoms with Crippen molar-refractivity contribution in [2.24, 2.45) is 9.98 Å². The maximum Gasteiger partial charge on any atom is 0.226 e. The largest absolute Gasteiger partial charge is 0.378 e. The number of carbonyl (C=O) groups excluding carboxylic acids is 1. The van der Waals surface area contributed by atoms with Crippen molar-refractivity contribution in [2.75, 3.05) is 45.3 Å². The Morgan fingerprint density at radius 2 is 1.62 bits per heavy atom. The molecular formula is C23H22N4O2. The van der Waals surface area contributed by atoms with Crippen molar-refractivity contribution >= 4 is 28.7 Å². The number of nitrogens with zero attached hydrogens (tertiary/aromatic N) is 4. The first kappa shape index (κ1) is 17.8. The number of fused-ring (bicyclic) bond motifs is 3. The lowest BCUT2D eigenvalue weighted by molar-refractivity contribution is 0.105. The van der Waals surface area contributed by atoms with Crippen molar-refractivity contribution < 1.29 is 9.53 Å². The van der Waals surface area contributed by atoms with Crippen molar-refractivity contribution in [1.29, 1.82) is 0 Å². The molecule has 0 spiro atoms. The number of rotatable bonds is 2. The van der Waals surface area contributed by atoms with Crippen LogP contribution in [0.25, 0.3) is 5.57 Å². The van der Waals surface area contributed by atoms with E-state index in [2.05, 4.69) is 17.0 Å². The molecule has 6 heteroatoms. The number of ketones is 1. The molecule has 0 radical (unpaired) electrons. The third kappa shape index (κ3) is 2.96. The molecule has 0 N–H and O–H groups in total. The molecule has 6 nitrogen and oxygen atoms in total. The summed E-state index contributed by atoms with van der Waals surface area (Å²) >= 11 is 0. The van der Waals surface area contributed by atoms with E-state index in [9.17, 15) is 4.79 Å². The molecule has 0 bridgehead atoms. The van der Waals surface area contributed by atoms with Gasteiger partial charge in [-0.25, -0.2) is 9.98 Å². The number of ether oxygens (including phenoxy) is 1. The van der Waals surface area contributed by atoms with Crippen LogP contribution in [0.15, 0.2) is 64.2 Å². The van der Waals surface area contributed by atoms with Crippen molar-refractivity contribution in [2.45, 2.75) is 0 Å². The molecule has 0 amide bonds. The summed E-state index contributed by atoms with van der Waals surface area (Å²) in [4.78, 5) is 27.0. The van der Waals surface area contributed by atoms with Crippen LogP contribution in [0, 0.1) is 0 Å². The standard InChI is InChI=1S/C23H22N4O2/c1-26(2)23-24-20-17-5-3-4-6-18(17)22(28)19(21(20)25-23)15-7-9-16(10-8-15)27-11-13-29-14-12-27/h3-10H,11-14H2,1-2H3. The van der Waals surface area contributed by atoms with E-state index in [4.69, 9.17) is 14.7 Å². The SMILES string of the molecule is CN(C)C1=NC2=C(c3ccc(N4CCOCC4)cc3)C(=O)c3ccccc3C2=N1. The van der Waals surface area contributed by atoms with Crippen LogP contribution in [-0.4, -0.2) is 62.8 Å². The van der Waals surface area contributed by atoms with Gasteiger partial charge in [-0.05, 0) is 17.7 Å². The molecule has 0 atom stereocenters. The number of aliphatic imine (C=N–C) groups is 2. The summed E-state index contributed by atoms with van der Waals surface area (Å²) in [7, 11) is 3.82. The highest BCUT2D eigenvalue weighted by Gasteiger charge is 2.34. The smallest absolute Gasteiger partial charge is 0.226 e. The van der Waals surface area contributed by atoms with Gasteiger partial charge in [0.1, 0.15) is 11.4 Å². The minimum Gasteiger partial charge on any atom is -0.378 e. The molecule has 0 unspecified atom stereocenters. The van der Waals surface area contributed by atoms with Crippen LogP contribution in [-0.2, 0) is 4.74 Å². The Kier molecular flexibility index (Phi) is 4.28. The highest BCUT2D eigenvalue weighted by Crippen LogP contribution is 2.36. The van der Waals surface area contributed by atoms with E-state index in [-0.39, 0.29) is 5.78 Å². The summed E-state index contributed by atoms with van der Waals surface area (Å²) in [6.07, 6.45) is 0. The molecule has 146 valence electrons. The summed E-state index contributed by atoms with van der Waals surface area (Å²) in [5.74, 6) is 0.611. The van der Waals surface area contributed by atoms with Crippen LogP contribution < -0.4 is 4.90 Å². The van der Waals surface area contributed by atoms with E-state index in [1.54, 1.807) is 0 Å². The topological polar surface area (TPSA) is 57.5 Å². The van der Waals surface area contributed by atoms with Crippen LogP contribution >= 0.6 is 0 Å². The van der Waals surface area contributed by atoms with Crippen LogP contribution in [0.1, 0.15) is 21.5 Å². The van der Waals surface area contributed by atoms with Crippen LogP contribution in [0.5, 0.6) is 0 Å². The molecule has 0 saturated carbocycles. The van der Waals surface area contributed by atoms with Gasteiger partial charge in [-0.3, -0.25) is 4.79 Å². The fraction of sp³-hybridized carbons (Fsp3) is 0.261. The number of allylic oxidation sites excluding steroid dienone is 2. The highest BCUT2D eigenvalue weighted by atomic mass is 16.5. The van der Waals surface area contributed by atoms with Gasteiger partial charge in [-0.15, -0.1) is 0 Å². The Morgan fingerprint density at radius 1 is 0.931 bits per heavy atom. The Morgan fingerprint density at radius 3 is 2.31 bits per heavy atom. The van der Waals surface area contributed by atoms with Crippen LogP contribution in [0.4, 0.5) is 5.69 Å². The average Bonchev–Trinajstić information content (AvgIpc) is 3.21. The monoisotopic (exact) mass is 386 g/mol. The van der Waals surface area contributed by atoms with E-state index in [0.29, 0.717) is 22.8 Å². The van der Waals surface area contributed by atoms with Gasteiger partial charge in [0.15, 0.2) is 5.78 Å². The van der Waals surface area contributed by atoms with E-state index in [1.165, 1.54) is 0 Å². The molecule has 2 aliphatic heterocycles. The van der Waals surface area contributed by atoms with Gasteiger partial charge in [-0.2, -0.15) is 0 Å². The van der Waals surface area contributed by atoms with Gasteiger partial charge in [0, 0.05) is 44.0 Å². The summed E-state index contributed by atoms with van der Waals surface area (Å²) in [5, 5.41) is 0. The van der Waals surface area contributed by atoms with Crippen molar-refractivity contribution in [3.8, 4) is 0 Å². The summed E-state index contributed by atoms with van der Waals surface area (Å²) in [6.45, 7) is 3.25. The summed E-state index contributed by atoms with van der Waals surface area (Å²) in [6, 6.07) is 15.8. The average molecular weight is 386 g/mol.